The van der Waals surface area contributed by atoms with Gasteiger partial charge in [0.05, 0.1) is 19.8 Å². The van der Waals surface area contributed by atoms with E-state index >= 15 is 0 Å². The predicted octanol–water partition coefficient (Wildman–Crippen LogP) is 1.09. The van der Waals surface area contributed by atoms with Crippen LogP contribution in [-0.4, -0.2) is 56.5 Å². The lowest BCUT2D eigenvalue weighted by atomic mass is 10.2. The zero-order valence-electron chi connectivity index (χ0n) is 11.8. The number of nitrogens with zero attached hydrogens (tertiary/aromatic N) is 1. The van der Waals surface area contributed by atoms with Crippen LogP contribution in [0.1, 0.15) is 20.8 Å². The Balaban J connectivity index is 0.000000321. The zero-order valence-corrected chi connectivity index (χ0v) is 11.8. The molecule has 0 atom stereocenters. The molecule has 1 aliphatic rings. The van der Waals surface area contributed by atoms with E-state index in [9.17, 15) is 4.79 Å². The van der Waals surface area contributed by atoms with Crippen molar-refractivity contribution in [2.24, 2.45) is 0 Å². The molecule has 1 N–H and O–H groups in total. The first-order valence-corrected chi connectivity index (χ1v) is 6.03. The Labute approximate surface area is 110 Å². The third-order valence-electron chi connectivity index (χ3n) is 2.02. The highest BCUT2D eigenvalue weighted by molar-refractivity contribution is 5.67. The van der Waals surface area contributed by atoms with Gasteiger partial charge in [-0.05, 0) is 20.8 Å². The van der Waals surface area contributed by atoms with E-state index in [1.807, 2.05) is 20.8 Å². The van der Waals surface area contributed by atoms with E-state index in [0.29, 0.717) is 0 Å². The fraction of sp³-hybridized carbons (Fsp3) is 0.769. The number of carbonyl (C=O) groups is 1. The van der Waals surface area contributed by atoms with Crippen LogP contribution in [0.25, 0.3) is 0 Å². The average Bonchev–Trinajstić information content (AvgIpc) is 2.29. The molecule has 18 heavy (non-hydrogen) atoms. The van der Waals surface area contributed by atoms with Crippen LogP contribution in [0.3, 0.4) is 0 Å². The molecule has 1 amide bonds. The quantitative estimate of drug-likeness (QED) is 0.714. The number of alkyl carbamates (subject to hydrolysis) is 1. The van der Waals surface area contributed by atoms with Gasteiger partial charge in [-0.15, -0.1) is 6.42 Å². The Morgan fingerprint density at radius 1 is 1.44 bits per heavy atom. The van der Waals surface area contributed by atoms with Gasteiger partial charge in [-0.3, -0.25) is 4.90 Å². The summed E-state index contributed by atoms with van der Waals surface area (Å²) in [5, 5.41) is 2.36. The van der Waals surface area contributed by atoms with E-state index in [1.165, 1.54) is 7.05 Å². The minimum Gasteiger partial charge on any atom is -0.444 e. The number of hydrogen-bond acceptors (Lipinski definition) is 4. The van der Waals surface area contributed by atoms with Crippen molar-refractivity contribution in [2.45, 2.75) is 26.4 Å². The van der Waals surface area contributed by atoms with Gasteiger partial charge in [0, 0.05) is 20.1 Å². The topological polar surface area (TPSA) is 50.8 Å². The molecular weight excluding hydrogens is 232 g/mol. The van der Waals surface area contributed by atoms with Crippen molar-refractivity contribution in [3.8, 4) is 12.3 Å². The molecule has 5 nitrogen and oxygen atoms in total. The van der Waals surface area contributed by atoms with Crippen molar-refractivity contribution >= 4 is 6.09 Å². The van der Waals surface area contributed by atoms with Crippen molar-refractivity contribution in [1.82, 2.24) is 10.2 Å². The van der Waals surface area contributed by atoms with Gasteiger partial charge in [0.2, 0.25) is 0 Å². The molecule has 104 valence electrons. The van der Waals surface area contributed by atoms with Crippen molar-refractivity contribution < 1.29 is 14.3 Å². The van der Waals surface area contributed by atoms with Crippen molar-refractivity contribution in [1.29, 1.82) is 0 Å². The highest BCUT2D eigenvalue weighted by Gasteiger charge is 2.13. The van der Waals surface area contributed by atoms with Gasteiger partial charge in [0.15, 0.2) is 0 Å². The molecule has 0 aromatic heterocycles. The van der Waals surface area contributed by atoms with E-state index in [2.05, 4.69) is 16.1 Å². The zero-order chi connectivity index (χ0) is 14.0. The van der Waals surface area contributed by atoms with Gasteiger partial charge in [-0.2, -0.15) is 0 Å². The number of ether oxygens (including phenoxy) is 2. The van der Waals surface area contributed by atoms with Crippen molar-refractivity contribution in [3.05, 3.63) is 0 Å². The molecule has 1 rings (SSSR count). The minimum absolute atomic E-state index is 0.387. The Morgan fingerprint density at radius 2 is 2.00 bits per heavy atom. The van der Waals surface area contributed by atoms with Crippen LogP contribution in [0.5, 0.6) is 0 Å². The highest BCUT2D eigenvalue weighted by atomic mass is 16.6. The summed E-state index contributed by atoms with van der Waals surface area (Å²) in [6.45, 7) is 9.88. The first kappa shape index (κ1) is 16.8. The van der Waals surface area contributed by atoms with Gasteiger partial charge in [-0.1, -0.05) is 5.92 Å². The first-order chi connectivity index (χ1) is 8.39. The van der Waals surface area contributed by atoms with E-state index in [1.54, 1.807) is 0 Å². The Kier molecular flexibility index (Phi) is 8.17. The summed E-state index contributed by atoms with van der Waals surface area (Å²) < 4.78 is 9.97. The largest absolute Gasteiger partial charge is 0.444 e. The standard InChI is InChI=1S/C7H11NO.C6H13NO2/c1-2-3-8-4-6-9-7-5-8;1-6(2,3)9-5(8)7-4/h1H,3-7H2;1-4H3,(H,7,8). The molecule has 1 heterocycles. The van der Waals surface area contributed by atoms with Gasteiger partial charge in [0.25, 0.3) is 0 Å². The lowest BCUT2D eigenvalue weighted by Gasteiger charge is -2.23. The Morgan fingerprint density at radius 3 is 2.33 bits per heavy atom. The molecule has 0 saturated carbocycles. The van der Waals surface area contributed by atoms with Crippen LogP contribution in [0.15, 0.2) is 0 Å². The molecule has 0 spiro atoms. The van der Waals surface area contributed by atoms with Crippen LogP contribution in [0.4, 0.5) is 4.79 Å². The van der Waals surface area contributed by atoms with Gasteiger partial charge >= 0.3 is 6.09 Å². The van der Waals surface area contributed by atoms with Gasteiger partial charge in [-0.25, -0.2) is 4.79 Å². The maximum Gasteiger partial charge on any atom is 0.407 e. The summed E-state index contributed by atoms with van der Waals surface area (Å²) >= 11 is 0. The average molecular weight is 256 g/mol. The molecule has 0 aromatic rings. The molecule has 0 radical (unpaired) electrons. The van der Waals surface area contributed by atoms with Gasteiger partial charge < -0.3 is 14.8 Å². The van der Waals surface area contributed by atoms with E-state index in [0.717, 1.165) is 32.8 Å². The van der Waals surface area contributed by atoms with Crippen LogP contribution in [-0.2, 0) is 9.47 Å². The number of carbonyl (C=O) groups excluding carboxylic acids is 1. The Bertz CT molecular complexity index is 273. The summed E-state index contributed by atoms with van der Waals surface area (Å²) in [4.78, 5) is 12.7. The lowest BCUT2D eigenvalue weighted by molar-refractivity contribution is 0.0443. The molecule has 1 saturated heterocycles. The van der Waals surface area contributed by atoms with E-state index in [-0.39, 0.29) is 11.7 Å². The molecule has 0 aliphatic carbocycles. The second-order valence-corrected chi connectivity index (χ2v) is 4.84. The lowest BCUT2D eigenvalue weighted by Crippen LogP contribution is -2.36. The predicted molar refractivity (Wildman–Crippen MR) is 71.4 cm³/mol. The number of nitrogens with one attached hydrogen (secondary N) is 1. The molecule has 5 heteroatoms. The van der Waals surface area contributed by atoms with Gasteiger partial charge in [0.1, 0.15) is 5.60 Å². The fourth-order valence-electron chi connectivity index (χ4n) is 1.22. The summed E-state index contributed by atoms with van der Waals surface area (Å²) in [5.74, 6) is 2.61. The van der Waals surface area contributed by atoms with Crippen LogP contribution < -0.4 is 5.32 Å². The molecule has 0 unspecified atom stereocenters. The third-order valence-corrected chi connectivity index (χ3v) is 2.02. The number of hydrogen-bond donors (Lipinski definition) is 1. The fourth-order valence-corrected chi connectivity index (χ4v) is 1.22. The van der Waals surface area contributed by atoms with E-state index < -0.39 is 0 Å². The smallest absolute Gasteiger partial charge is 0.407 e. The minimum atomic E-state index is -0.389. The number of terminal acetylenes is 1. The number of rotatable bonds is 1. The molecule has 1 aliphatic heterocycles. The van der Waals surface area contributed by atoms with Crippen LogP contribution >= 0.6 is 0 Å². The maximum atomic E-state index is 10.5. The van der Waals surface area contributed by atoms with Crippen molar-refractivity contribution in [2.75, 3.05) is 39.9 Å². The molecule has 1 fully saturated rings. The second-order valence-electron chi connectivity index (χ2n) is 4.84. The monoisotopic (exact) mass is 256 g/mol. The third kappa shape index (κ3) is 9.94. The molecular formula is C13H24N2O3. The second kappa shape index (κ2) is 8.78. The maximum absolute atomic E-state index is 10.5. The number of morpholine rings is 1. The van der Waals surface area contributed by atoms with E-state index in [4.69, 9.17) is 15.9 Å². The summed E-state index contributed by atoms with van der Waals surface area (Å²) in [6, 6.07) is 0. The number of amides is 1. The Hall–Kier alpha value is -1.25. The summed E-state index contributed by atoms with van der Waals surface area (Å²) in [5.41, 5.74) is -0.389. The van der Waals surface area contributed by atoms with Crippen molar-refractivity contribution in [3.63, 3.8) is 0 Å². The molecule has 0 bridgehead atoms. The van der Waals surface area contributed by atoms with Crippen LogP contribution in [0.2, 0.25) is 0 Å². The highest BCUT2D eigenvalue weighted by Crippen LogP contribution is 2.05. The van der Waals surface area contributed by atoms with Crippen LogP contribution in [0, 0.1) is 12.3 Å². The summed E-state index contributed by atoms with van der Waals surface area (Å²) in [6.07, 6.45) is 4.74. The normalized spacial score (nSPS) is 15.9. The SMILES string of the molecule is C#CCN1CCOCC1.CNC(=O)OC(C)(C)C. The summed E-state index contributed by atoms with van der Waals surface area (Å²) in [7, 11) is 1.54. The molecule has 0 aromatic carbocycles. The first-order valence-electron chi connectivity index (χ1n) is 6.03.